The van der Waals surface area contributed by atoms with Gasteiger partial charge in [0.25, 0.3) is 0 Å². The molecule has 0 bridgehead atoms. The highest BCUT2D eigenvalue weighted by Gasteiger charge is 2.61. The predicted octanol–water partition coefficient (Wildman–Crippen LogP) is 1.97. The number of ether oxygens (including phenoxy) is 3. The van der Waals surface area contributed by atoms with Crippen LogP contribution >= 0.6 is 0 Å². The molecule has 0 amide bonds. The normalized spacial score (nSPS) is 55.7. The molecule has 0 N–H and O–H groups in total. The smallest absolute Gasteiger partial charge is 0.334 e. The van der Waals surface area contributed by atoms with Crippen LogP contribution in [0.5, 0.6) is 0 Å². The fourth-order valence-corrected chi connectivity index (χ4v) is 3.84. The van der Waals surface area contributed by atoms with Gasteiger partial charge in [0, 0.05) is 17.9 Å². The highest BCUT2D eigenvalue weighted by molar-refractivity contribution is 5.90. The van der Waals surface area contributed by atoms with E-state index in [1.807, 2.05) is 0 Å². The minimum atomic E-state index is -0.239. The Labute approximate surface area is 113 Å². The minimum Gasteiger partial charge on any atom is -0.458 e. The molecule has 6 atom stereocenters. The summed E-state index contributed by atoms with van der Waals surface area (Å²) in [4.78, 5) is 11.8. The number of hydrogen-bond acceptors (Lipinski definition) is 4. The van der Waals surface area contributed by atoms with Crippen LogP contribution in [0.4, 0.5) is 0 Å². The average molecular weight is 264 g/mol. The molecule has 0 spiro atoms. The molecule has 1 saturated carbocycles. The van der Waals surface area contributed by atoms with Gasteiger partial charge in [-0.1, -0.05) is 6.58 Å². The number of esters is 1. The first-order valence-corrected chi connectivity index (χ1v) is 7.17. The first kappa shape index (κ1) is 11.9. The first-order chi connectivity index (χ1) is 8.91. The van der Waals surface area contributed by atoms with Gasteiger partial charge in [0.05, 0.1) is 23.4 Å². The fraction of sp³-hybridized carbons (Fsp3) is 0.800. The van der Waals surface area contributed by atoms with Crippen LogP contribution < -0.4 is 0 Å². The summed E-state index contributed by atoms with van der Waals surface area (Å²) in [5.41, 5.74) is 0.469. The lowest BCUT2D eigenvalue weighted by molar-refractivity contribution is -0.139. The third kappa shape index (κ3) is 1.69. The number of rotatable bonds is 0. The van der Waals surface area contributed by atoms with Crippen molar-refractivity contribution in [3.63, 3.8) is 0 Å². The molecule has 19 heavy (non-hydrogen) atoms. The van der Waals surface area contributed by atoms with Gasteiger partial charge in [-0.25, -0.2) is 4.79 Å². The van der Waals surface area contributed by atoms with Crippen LogP contribution in [0, 0.1) is 5.92 Å². The molecule has 4 rings (SSSR count). The van der Waals surface area contributed by atoms with E-state index in [0.717, 1.165) is 25.7 Å². The van der Waals surface area contributed by atoms with E-state index in [9.17, 15) is 4.79 Å². The van der Waals surface area contributed by atoms with E-state index in [1.54, 1.807) is 0 Å². The lowest BCUT2D eigenvalue weighted by Crippen LogP contribution is -2.28. The first-order valence-electron chi connectivity index (χ1n) is 7.17. The predicted molar refractivity (Wildman–Crippen MR) is 67.5 cm³/mol. The van der Waals surface area contributed by atoms with Crippen molar-refractivity contribution in [3.05, 3.63) is 12.2 Å². The van der Waals surface area contributed by atoms with Crippen molar-refractivity contribution in [3.8, 4) is 0 Å². The van der Waals surface area contributed by atoms with Crippen molar-refractivity contribution in [2.45, 2.75) is 69.0 Å². The highest BCUT2D eigenvalue weighted by Crippen LogP contribution is 2.53. The zero-order chi connectivity index (χ0) is 13.4. The van der Waals surface area contributed by atoms with Gasteiger partial charge in [-0.2, -0.15) is 0 Å². The van der Waals surface area contributed by atoms with Crippen LogP contribution in [0.3, 0.4) is 0 Å². The number of epoxide rings is 2. The van der Waals surface area contributed by atoms with Crippen molar-refractivity contribution >= 4 is 5.97 Å². The number of carbonyl (C=O) groups excluding carboxylic acids is 1. The van der Waals surface area contributed by atoms with E-state index in [-0.39, 0.29) is 35.3 Å². The molecule has 0 unspecified atom stereocenters. The van der Waals surface area contributed by atoms with E-state index in [1.165, 1.54) is 0 Å². The van der Waals surface area contributed by atoms with E-state index in [2.05, 4.69) is 20.4 Å². The minimum absolute atomic E-state index is 0.0271. The summed E-state index contributed by atoms with van der Waals surface area (Å²) in [5, 5.41) is 0. The van der Waals surface area contributed by atoms with Gasteiger partial charge in [0.2, 0.25) is 0 Å². The second kappa shape index (κ2) is 3.41. The molecule has 0 radical (unpaired) electrons. The van der Waals surface area contributed by atoms with Crippen LogP contribution in [0.25, 0.3) is 0 Å². The van der Waals surface area contributed by atoms with Gasteiger partial charge in [0.15, 0.2) is 0 Å². The molecule has 104 valence electrons. The van der Waals surface area contributed by atoms with Crippen LogP contribution in [-0.4, -0.2) is 35.5 Å². The molecule has 3 heterocycles. The third-order valence-corrected chi connectivity index (χ3v) is 5.47. The Morgan fingerprint density at radius 3 is 2.74 bits per heavy atom. The quantitative estimate of drug-likeness (QED) is 0.381. The standard InChI is InChI=1S/C15H20O4/c1-8-9-6-12-14(2,19-12)5-4-11-15(3,18-11)7-10(9)17-13(8)16/h9-12H,1,4-7H2,2-3H3/t9-,10+,11-,12+,14-,15-/m1/s1. The monoisotopic (exact) mass is 264 g/mol. The van der Waals surface area contributed by atoms with Gasteiger partial charge >= 0.3 is 5.97 Å². The lowest BCUT2D eigenvalue weighted by atomic mass is 9.81. The van der Waals surface area contributed by atoms with E-state index >= 15 is 0 Å². The lowest BCUT2D eigenvalue weighted by Gasteiger charge is -2.21. The summed E-state index contributed by atoms with van der Waals surface area (Å²) in [6.45, 7) is 8.20. The zero-order valence-corrected chi connectivity index (χ0v) is 11.5. The molecule has 4 heteroatoms. The number of hydrogen-bond donors (Lipinski definition) is 0. The molecule has 0 aromatic rings. The topological polar surface area (TPSA) is 51.4 Å². The number of carbonyl (C=O) groups is 1. The molecule has 1 aliphatic carbocycles. The Morgan fingerprint density at radius 2 is 1.95 bits per heavy atom. The molecule has 4 fully saturated rings. The van der Waals surface area contributed by atoms with Crippen LogP contribution in [0.2, 0.25) is 0 Å². The van der Waals surface area contributed by atoms with Gasteiger partial charge in [0.1, 0.15) is 6.10 Å². The Balaban J connectivity index is 1.62. The maximum absolute atomic E-state index is 11.8. The molecule has 0 aromatic carbocycles. The van der Waals surface area contributed by atoms with Crippen LogP contribution in [-0.2, 0) is 19.0 Å². The summed E-state index contributed by atoms with van der Waals surface area (Å²) in [7, 11) is 0. The summed E-state index contributed by atoms with van der Waals surface area (Å²) in [6, 6.07) is 0. The summed E-state index contributed by atoms with van der Waals surface area (Å²) in [5.74, 6) is -0.142. The Hall–Kier alpha value is -0.870. The van der Waals surface area contributed by atoms with Gasteiger partial charge in [-0.05, 0) is 33.1 Å². The maximum atomic E-state index is 11.8. The van der Waals surface area contributed by atoms with Crippen molar-refractivity contribution < 1.29 is 19.0 Å². The Bertz CT molecular complexity index is 473. The van der Waals surface area contributed by atoms with Gasteiger partial charge in [-0.3, -0.25) is 0 Å². The molecular weight excluding hydrogens is 244 g/mol. The molecule has 4 aliphatic rings. The SMILES string of the molecule is C=C1C(=O)O[C@H]2C[C@@]3(C)O[C@@H]3CC[C@@]3(C)O[C@H]3C[C@H]12. The highest BCUT2D eigenvalue weighted by atomic mass is 16.6. The Kier molecular flexibility index (Phi) is 2.14. The van der Waals surface area contributed by atoms with Crippen molar-refractivity contribution in [2.24, 2.45) is 5.92 Å². The molecular formula is C15H20O4. The van der Waals surface area contributed by atoms with Crippen LogP contribution in [0.15, 0.2) is 12.2 Å². The van der Waals surface area contributed by atoms with Crippen molar-refractivity contribution in [1.82, 2.24) is 0 Å². The van der Waals surface area contributed by atoms with E-state index in [4.69, 9.17) is 14.2 Å². The molecule has 3 aliphatic heterocycles. The van der Waals surface area contributed by atoms with Crippen molar-refractivity contribution in [2.75, 3.05) is 0 Å². The third-order valence-electron chi connectivity index (χ3n) is 5.47. The maximum Gasteiger partial charge on any atom is 0.334 e. The van der Waals surface area contributed by atoms with Gasteiger partial charge < -0.3 is 14.2 Å². The molecule has 3 saturated heterocycles. The average Bonchev–Trinajstić information content (AvgIpc) is 3.15. The largest absolute Gasteiger partial charge is 0.458 e. The van der Waals surface area contributed by atoms with Crippen molar-refractivity contribution in [1.29, 1.82) is 0 Å². The second-order valence-electron chi connectivity index (χ2n) is 6.89. The summed E-state index contributed by atoms with van der Waals surface area (Å²) >= 11 is 0. The summed E-state index contributed by atoms with van der Waals surface area (Å²) in [6.07, 6.45) is 4.17. The zero-order valence-electron chi connectivity index (χ0n) is 11.5. The van der Waals surface area contributed by atoms with E-state index < -0.39 is 0 Å². The fourth-order valence-electron chi connectivity index (χ4n) is 3.84. The second-order valence-corrected chi connectivity index (χ2v) is 6.89. The van der Waals surface area contributed by atoms with Gasteiger partial charge in [-0.15, -0.1) is 0 Å². The van der Waals surface area contributed by atoms with E-state index in [0.29, 0.717) is 11.7 Å². The van der Waals surface area contributed by atoms with Crippen LogP contribution in [0.1, 0.15) is 39.5 Å². The molecule has 0 aromatic heterocycles. The molecule has 4 nitrogen and oxygen atoms in total. The summed E-state index contributed by atoms with van der Waals surface area (Å²) < 4.78 is 17.2. The Morgan fingerprint density at radius 1 is 1.21 bits per heavy atom. The number of fused-ring (bicyclic) bond motifs is 3.